The summed E-state index contributed by atoms with van der Waals surface area (Å²) < 4.78 is 4.64. The smallest absolute Gasteiger partial charge is 0.337 e. The fourth-order valence-electron chi connectivity index (χ4n) is 3.02. The molecule has 5 heteroatoms. The van der Waals surface area contributed by atoms with Gasteiger partial charge in [0.1, 0.15) is 0 Å². The minimum Gasteiger partial charge on any atom is -0.465 e. The molecule has 0 atom stereocenters. The second-order valence-corrected chi connectivity index (χ2v) is 6.33. The van der Waals surface area contributed by atoms with E-state index in [-0.39, 0.29) is 5.91 Å². The van der Waals surface area contributed by atoms with E-state index in [1.54, 1.807) is 24.3 Å². The minimum absolute atomic E-state index is 0.215. The summed E-state index contributed by atoms with van der Waals surface area (Å²) >= 11 is 0. The molecular weight excluding hydrogens is 340 g/mol. The summed E-state index contributed by atoms with van der Waals surface area (Å²) in [4.78, 5) is 25.8. The molecule has 3 rings (SSSR count). The number of benzene rings is 2. The molecule has 2 aromatic carbocycles. The lowest BCUT2D eigenvalue weighted by molar-refractivity contribution is 0.0600. The van der Waals surface area contributed by atoms with Gasteiger partial charge in [0, 0.05) is 18.7 Å². The normalized spacial score (nSPS) is 13.1. The van der Waals surface area contributed by atoms with Crippen molar-refractivity contribution in [1.29, 1.82) is 0 Å². The second kappa shape index (κ2) is 9.02. The Balaban J connectivity index is 1.44. The molecule has 0 fully saturated rings. The van der Waals surface area contributed by atoms with Crippen LogP contribution in [0.2, 0.25) is 0 Å². The first kappa shape index (κ1) is 18.7. The van der Waals surface area contributed by atoms with Gasteiger partial charge in [0.15, 0.2) is 0 Å². The molecule has 1 amide bonds. The number of hydrogen-bond donors (Lipinski definition) is 1. The molecule has 0 unspecified atom stereocenters. The molecule has 0 saturated carbocycles. The molecule has 1 aliphatic heterocycles. The van der Waals surface area contributed by atoms with Gasteiger partial charge in [-0.1, -0.05) is 36.1 Å². The number of hydrogen-bond acceptors (Lipinski definition) is 4. The molecule has 0 bridgehead atoms. The molecule has 27 heavy (non-hydrogen) atoms. The lowest BCUT2D eigenvalue weighted by atomic mass is 10.0. The predicted octanol–water partition coefficient (Wildman–Crippen LogP) is 2.26. The quantitative estimate of drug-likeness (QED) is 0.670. The standard InChI is InChI=1S/C22H22N2O3/c1-27-22(26)19-10-8-18(9-11-19)21(25)23-13-4-5-14-24-15-12-17-6-2-3-7-20(17)16-24/h2-3,6-11H,12-16H2,1H3,(H,23,25). The van der Waals surface area contributed by atoms with Crippen molar-refractivity contribution in [2.75, 3.05) is 26.7 Å². The summed E-state index contributed by atoms with van der Waals surface area (Å²) in [5.41, 5.74) is 3.69. The number of nitrogens with zero attached hydrogens (tertiary/aromatic N) is 1. The van der Waals surface area contributed by atoms with Crippen molar-refractivity contribution in [3.63, 3.8) is 0 Å². The molecule has 0 aromatic heterocycles. The summed E-state index contributed by atoms with van der Waals surface area (Å²) in [6, 6.07) is 14.8. The fourth-order valence-corrected chi connectivity index (χ4v) is 3.02. The lowest BCUT2D eigenvalue weighted by Crippen LogP contribution is -2.31. The molecule has 2 aromatic rings. The van der Waals surface area contributed by atoms with Crippen LogP contribution in [-0.2, 0) is 17.7 Å². The van der Waals surface area contributed by atoms with Crippen LogP contribution >= 0.6 is 0 Å². The third-order valence-corrected chi connectivity index (χ3v) is 4.54. The van der Waals surface area contributed by atoms with Gasteiger partial charge < -0.3 is 10.1 Å². The minimum atomic E-state index is -0.423. The maximum Gasteiger partial charge on any atom is 0.337 e. The second-order valence-electron chi connectivity index (χ2n) is 6.33. The van der Waals surface area contributed by atoms with Crippen LogP contribution in [0.5, 0.6) is 0 Å². The Morgan fingerprint density at radius 3 is 2.48 bits per heavy atom. The summed E-state index contributed by atoms with van der Waals surface area (Å²) in [5, 5.41) is 2.77. The largest absolute Gasteiger partial charge is 0.465 e. The Hall–Kier alpha value is -3.10. The maximum atomic E-state index is 12.1. The van der Waals surface area contributed by atoms with Gasteiger partial charge in [-0.05, 0) is 41.8 Å². The van der Waals surface area contributed by atoms with E-state index in [0.29, 0.717) is 24.2 Å². The highest BCUT2D eigenvalue weighted by Crippen LogP contribution is 2.17. The third-order valence-electron chi connectivity index (χ3n) is 4.54. The molecule has 5 nitrogen and oxygen atoms in total. The Kier molecular flexibility index (Phi) is 6.24. The number of esters is 1. The fraction of sp³-hybridized carbons (Fsp3) is 0.273. The molecule has 1 aliphatic rings. The van der Waals surface area contributed by atoms with Crippen LogP contribution in [0.25, 0.3) is 0 Å². The van der Waals surface area contributed by atoms with Crippen LogP contribution in [0.15, 0.2) is 48.5 Å². The molecule has 0 spiro atoms. The van der Waals surface area contributed by atoms with Crippen molar-refractivity contribution >= 4 is 11.9 Å². The van der Waals surface area contributed by atoms with Gasteiger partial charge in [-0.3, -0.25) is 9.69 Å². The number of rotatable bonds is 4. The van der Waals surface area contributed by atoms with Crippen LogP contribution in [0.1, 0.15) is 31.8 Å². The molecule has 138 valence electrons. The van der Waals surface area contributed by atoms with Gasteiger partial charge in [0.05, 0.1) is 25.8 Å². The SMILES string of the molecule is COC(=O)c1ccc(C(=O)NCC#CCN2CCc3ccccc3C2)cc1. The van der Waals surface area contributed by atoms with Gasteiger partial charge in [-0.2, -0.15) is 0 Å². The zero-order valence-electron chi connectivity index (χ0n) is 15.3. The molecule has 1 heterocycles. The Morgan fingerprint density at radius 2 is 1.74 bits per heavy atom. The van der Waals surface area contributed by atoms with E-state index in [9.17, 15) is 9.59 Å². The highest BCUT2D eigenvalue weighted by Gasteiger charge is 2.14. The van der Waals surface area contributed by atoms with E-state index in [0.717, 1.165) is 19.5 Å². The van der Waals surface area contributed by atoms with E-state index >= 15 is 0 Å². The predicted molar refractivity (Wildman–Crippen MR) is 103 cm³/mol. The highest BCUT2D eigenvalue weighted by molar-refractivity contribution is 5.96. The van der Waals surface area contributed by atoms with Crippen LogP contribution in [0.3, 0.4) is 0 Å². The first-order valence-corrected chi connectivity index (χ1v) is 8.89. The zero-order valence-corrected chi connectivity index (χ0v) is 15.3. The van der Waals surface area contributed by atoms with Gasteiger partial charge in [0.2, 0.25) is 0 Å². The Labute approximate surface area is 159 Å². The molecule has 1 N–H and O–H groups in total. The number of carbonyl (C=O) groups excluding carboxylic acids is 2. The summed E-state index contributed by atoms with van der Waals surface area (Å²) in [6.07, 6.45) is 1.05. The van der Waals surface area contributed by atoms with Crippen LogP contribution in [0.4, 0.5) is 0 Å². The Bertz CT molecular complexity index is 878. The molecular formula is C22H22N2O3. The van der Waals surface area contributed by atoms with Crippen molar-refractivity contribution in [3.05, 3.63) is 70.8 Å². The van der Waals surface area contributed by atoms with E-state index in [2.05, 4.69) is 51.1 Å². The van der Waals surface area contributed by atoms with Crippen LogP contribution in [-0.4, -0.2) is 43.5 Å². The molecule has 0 saturated heterocycles. The van der Waals surface area contributed by atoms with Crippen molar-refractivity contribution < 1.29 is 14.3 Å². The number of fused-ring (bicyclic) bond motifs is 1. The maximum absolute atomic E-state index is 12.1. The van der Waals surface area contributed by atoms with E-state index in [1.165, 1.54) is 18.2 Å². The Morgan fingerprint density at radius 1 is 1.04 bits per heavy atom. The van der Waals surface area contributed by atoms with Crippen molar-refractivity contribution in [2.45, 2.75) is 13.0 Å². The summed E-state index contributed by atoms with van der Waals surface area (Å²) in [5.74, 6) is 5.48. The number of carbonyl (C=O) groups is 2. The first-order chi connectivity index (χ1) is 13.2. The zero-order chi connectivity index (χ0) is 19.1. The topological polar surface area (TPSA) is 58.6 Å². The van der Waals surface area contributed by atoms with E-state index in [4.69, 9.17) is 0 Å². The number of amides is 1. The average Bonchev–Trinajstić information content (AvgIpc) is 2.72. The first-order valence-electron chi connectivity index (χ1n) is 8.89. The lowest BCUT2D eigenvalue weighted by Gasteiger charge is -2.26. The van der Waals surface area contributed by atoms with Gasteiger partial charge in [0.25, 0.3) is 5.91 Å². The number of nitrogens with one attached hydrogen (secondary N) is 1. The monoisotopic (exact) mass is 362 g/mol. The van der Waals surface area contributed by atoms with Crippen LogP contribution < -0.4 is 5.32 Å². The number of ether oxygens (including phenoxy) is 1. The number of methoxy groups -OCH3 is 1. The van der Waals surface area contributed by atoms with Gasteiger partial charge >= 0.3 is 5.97 Å². The average molecular weight is 362 g/mol. The van der Waals surface area contributed by atoms with E-state index in [1.807, 2.05) is 0 Å². The van der Waals surface area contributed by atoms with Crippen molar-refractivity contribution in [1.82, 2.24) is 10.2 Å². The third kappa shape index (κ3) is 4.96. The molecule has 0 aliphatic carbocycles. The summed E-state index contributed by atoms with van der Waals surface area (Å²) in [6.45, 7) is 2.91. The highest BCUT2D eigenvalue weighted by atomic mass is 16.5. The van der Waals surface area contributed by atoms with Crippen LogP contribution in [0, 0.1) is 11.8 Å². The molecule has 0 radical (unpaired) electrons. The van der Waals surface area contributed by atoms with Crippen molar-refractivity contribution in [2.24, 2.45) is 0 Å². The van der Waals surface area contributed by atoms with E-state index < -0.39 is 5.97 Å². The van der Waals surface area contributed by atoms with Crippen molar-refractivity contribution in [3.8, 4) is 11.8 Å². The summed E-state index contributed by atoms with van der Waals surface area (Å²) in [7, 11) is 1.32. The van der Waals surface area contributed by atoms with Gasteiger partial charge in [-0.15, -0.1) is 0 Å². The van der Waals surface area contributed by atoms with Gasteiger partial charge in [-0.25, -0.2) is 4.79 Å².